The summed E-state index contributed by atoms with van der Waals surface area (Å²) in [5.41, 5.74) is 19.1. The van der Waals surface area contributed by atoms with Crippen LogP contribution in [0, 0.1) is 0 Å². The molecule has 1 atom stereocenters. The minimum absolute atomic E-state index is 0.00528. The van der Waals surface area contributed by atoms with Crippen molar-refractivity contribution in [2.75, 3.05) is 22.1 Å². The molecule has 0 radical (unpaired) electrons. The third-order valence-corrected chi connectivity index (χ3v) is 5.73. The van der Waals surface area contributed by atoms with Gasteiger partial charge in [0.2, 0.25) is 0 Å². The van der Waals surface area contributed by atoms with Crippen molar-refractivity contribution in [3.63, 3.8) is 0 Å². The Labute approximate surface area is 190 Å². The molecular formula is C26H22N6O. The third-order valence-electron chi connectivity index (χ3n) is 5.73. The van der Waals surface area contributed by atoms with Crippen molar-refractivity contribution in [1.29, 1.82) is 0 Å². The SMILES string of the molecule is Nc1ccc2c(c1)NC(c1ccc(Oc3ccc(-c4nc5ccc(N)cc5[nH]4)cc3)cc1)N2. The largest absolute Gasteiger partial charge is 0.457 e. The second kappa shape index (κ2) is 7.49. The van der Waals surface area contributed by atoms with Crippen molar-refractivity contribution in [2.45, 2.75) is 6.17 Å². The van der Waals surface area contributed by atoms with Crippen LogP contribution in [0.4, 0.5) is 22.7 Å². The summed E-state index contributed by atoms with van der Waals surface area (Å²) in [6.07, 6.45) is -0.00528. The van der Waals surface area contributed by atoms with Crippen LogP contribution in [0.2, 0.25) is 0 Å². The number of anilines is 4. The fraction of sp³-hybridized carbons (Fsp3) is 0.0385. The molecule has 2 heterocycles. The lowest BCUT2D eigenvalue weighted by Crippen LogP contribution is -2.11. The van der Waals surface area contributed by atoms with Gasteiger partial charge in [-0.15, -0.1) is 0 Å². The molecule has 7 heteroatoms. The molecule has 1 aliphatic heterocycles. The van der Waals surface area contributed by atoms with Crippen molar-refractivity contribution < 1.29 is 4.74 Å². The van der Waals surface area contributed by atoms with Crippen molar-refractivity contribution in [2.24, 2.45) is 0 Å². The van der Waals surface area contributed by atoms with Crippen LogP contribution < -0.4 is 26.8 Å². The molecule has 0 spiro atoms. The van der Waals surface area contributed by atoms with Crippen LogP contribution in [0.15, 0.2) is 84.9 Å². The van der Waals surface area contributed by atoms with E-state index in [4.69, 9.17) is 16.2 Å². The van der Waals surface area contributed by atoms with E-state index in [1.807, 2.05) is 84.9 Å². The van der Waals surface area contributed by atoms with E-state index >= 15 is 0 Å². The molecule has 0 saturated carbocycles. The molecule has 33 heavy (non-hydrogen) atoms. The van der Waals surface area contributed by atoms with Crippen molar-refractivity contribution >= 4 is 33.8 Å². The molecule has 6 rings (SSSR count). The van der Waals surface area contributed by atoms with E-state index in [-0.39, 0.29) is 6.17 Å². The number of ether oxygens (including phenoxy) is 1. The summed E-state index contributed by atoms with van der Waals surface area (Å²) < 4.78 is 6.03. The van der Waals surface area contributed by atoms with Crippen LogP contribution in [-0.4, -0.2) is 9.97 Å². The quantitative estimate of drug-likeness (QED) is 0.231. The number of nitrogens with two attached hydrogens (primary N) is 2. The van der Waals surface area contributed by atoms with Gasteiger partial charge in [-0.25, -0.2) is 4.98 Å². The highest BCUT2D eigenvalue weighted by Gasteiger charge is 2.20. The van der Waals surface area contributed by atoms with E-state index in [2.05, 4.69) is 20.6 Å². The number of rotatable bonds is 4. The minimum Gasteiger partial charge on any atom is -0.457 e. The van der Waals surface area contributed by atoms with Gasteiger partial charge in [0, 0.05) is 16.9 Å². The normalized spacial score (nSPS) is 14.5. The molecule has 1 aliphatic rings. The van der Waals surface area contributed by atoms with Gasteiger partial charge in [-0.3, -0.25) is 0 Å². The summed E-state index contributed by atoms with van der Waals surface area (Å²) in [5.74, 6) is 2.32. The Morgan fingerprint density at radius 3 is 2.15 bits per heavy atom. The van der Waals surface area contributed by atoms with E-state index in [1.54, 1.807) is 0 Å². The van der Waals surface area contributed by atoms with E-state index in [0.29, 0.717) is 5.69 Å². The van der Waals surface area contributed by atoms with Gasteiger partial charge in [0.05, 0.1) is 22.4 Å². The lowest BCUT2D eigenvalue weighted by atomic mass is 10.1. The Balaban J connectivity index is 1.15. The first-order chi connectivity index (χ1) is 16.1. The summed E-state index contributed by atoms with van der Waals surface area (Å²) >= 11 is 0. The molecule has 0 amide bonds. The monoisotopic (exact) mass is 434 g/mol. The summed E-state index contributed by atoms with van der Waals surface area (Å²) in [5, 5.41) is 6.91. The molecule has 5 aromatic rings. The first-order valence-electron chi connectivity index (χ1n) is 10.7. The number of hydrogen-bond donors (Lipinski definition) is 5. The number of H-pyrrole nitrogens is 1. The first kappa shape index (κ1) is 19.1. The third kappa shape index (κ3) is 3.65. The molecular weight excluding hydrogens is 412 g/mol. The minimum atomic E-state index is -0.00528. The summed E-state index contributed by atoms with van der Waals surface area (Å²) in [4.78, 5) is 7.95. The smallest absolute Gasteiger partial charge is 0.138 e. The number of imidazole rings is 1. The highest BCUT2D eigenvalue weighted by Crippen LogP contribution is 2.37. The zero-order valence-electron chi connectivity index (χ0n) is 17.7. The van der Waals surface area contributed by atoms with Crippen LogP contribution in [0.25, 0.3) is 22.4 Å². The standard InChI is InChI=1S/C26H22N6O/c27-17-5-11-21-23(13-17)31-25(29-21)15-1-7-19(8-2-15)33-20-9-3-16(4-10-20)26-30-22-12-6-18(28)14-24(22)32-26/h1-14,25,29,31H,27-28H2,(H,30,32). The number of hydrogen-bond acceptors (Lipinski definition) is 6. The van der Waals surface area contributed by atoms with Crippen molar-refractivity contribution in [3.8, 4) is 22.9 Å². The predicted molar refractivity (Wildman–Crippen MR) is 133 cm³/mol. The lowest BCUT2D eigenvalue weighted by Gasteiger charge is -2.14. The molecule has 1 aromatic heterocycles. The predicted octanol–water partition coefficient (Wildman–Crippen LogP) is 5.72. The highest BCUT2D eigenvalue weighted by atomic mass is 16.5. The Morgan fingerprint density at radius 1 is 0.697 bits per heavy atom. The number of aromatic nitrogens is 2. The maximum Gasteiger partial charge on any atom is 0.138 e. The number of fused-ring (bicyclic) bond motifs is 2. The van der Waals surface area contributed by atoms with Crippen molar-refractivity contribution in [1.82, 2.24) is 9.97 Å². The van der Waals surface area contributed by atoms with Gasteiger partial charge in [0.1, 0.15) is 23.5 Å². The maximum atomic E-state index is 6.03. The van der Waals surface area contributed by atoms with Crippen LogP contribution in [0.3, 0.4) is 0 Å². The number of benzene rings is 4. The molecule has 7 nitrogen and oxygen atoms in total. The van der Waals surface area contributed by atoms with Gasteiger partial charge >= 0.3 is 0 Å². The number of nitrogens with one attached hydrogen (secondary N) is 3. The molecule has 0 fully saturated rings. The van der Waals surface area contributed by atoms with E-state index in [1.165, 1.54) is 0 Å². The first-order valence-corrected chi connectivity index (χ1v) is 10.7. The fourth-order valence-corrected chi connectivity index (χ4v) is 4.03. The molecule has 7 N–H and O–H groups in total. The van der Waals surface area contributed by atoms with Gasteiger partial charge in [-0.2, -0.15) is 0 Å². The molecule has 0 aliphatic carbocycles. The van der Waals surface area contributed by atoms with Gasteiger partial charge in [0.15, 0.2) is 0 Å². The topological polar surface area (TPSA) is 114 Å². The fourth-order valence-electron chi connectivity index (χ4n) is 4.03. The van der Waals surface area contributed by atoms with Crippen LogP contribution in [-0.2, 0) is 0 Å². The Morgan fingerprint density at radius 2 is 1.36 bits per heavy atom. The number of aromatic amines is 1. The molecule has 0 bridgehead atoms. The Hall–Kier alpha value is -4.65. The Bertz CT molecular complexity index is 1460. The van der Waals surface area contributed by atoms with Crippen LogP contribution in [0.5, 0.6) is 11.5 Å². The van der Waals surface area contributed by atoms with Crippen LogP contribution >= 0.6 is 0 Å². The van der Waals surface area contributed by atoms with Crippen molar-refractivity contribution in [3.05, 3.63) is 90.5 Å². The average Bonchev–Trinajstić information content (AvgIpc) is 3.43. The highest BCUT2D eigenvalue weighted by molar-refractivity contribution is 5.82. The second-order valence-corrected chi connectivity index (χ2v) is 8.08. The van der Waals surface area contributed by atoms with Gasteiger partial charge < -0.3 is 31.8 Å². The average molecular weight is 435 g/mol. The molecule has 1 unspecified atom stereocenters. The Kier molecular flexibility index (Phi) is 4.33. The van der Waals surface area contributed by atoms with Crippen LogP contribution in [0.1, 0.15) is 11.7 Å². The lowest BCUT2D eigenvalue weighted by molar-refractivity contribution is 0.482. The van der Waals surface area contributed by atoms with Gasteiger partial charge in [-0.05, 0) is 78.4 Å². The summed E-state index contributed by atoms with van der Waals surface area (Å²) in [6.45, 7) is 0. The zero-order valence-corrected chi connectivity index (χ0v) is 17.7. The summed E-state index contributed by atoms with van der Waals surface area (Å²) in [6, 6.07) is 27.3. The zero-order chi connectivity index (χ0) is 22.4. The number of nitrogen functional groups attached to an aromatic ring is 2. The number of nitrogens with zero attached hydrogens (tertiary/aromatic N) is 1. The van der Waals surface area contributed by atoms with E-state index in [9.17, 15) is 0 Å². The van der Waals surface area contributed by atoms with E-state index < -0.39 is 0 Å². The molecule has 4 aromatic carbocycles. The second-order valence-electron chi connectivity index (χ2n) is 8.08. The maximum absolute atomic E-state index is 6.03. The van der Waals surface area contributed by atoms with Gasteiger partial charge in [-0.1, -0.05) is 12.1 Å². The molecule has 162 valence electrons. The molecule has 0 saturated heterocycles. The summed E-state index contributed by atoms with van der Waals surface area (Å²) in [7, 11) is 0. The van der Waals surface area contributed by atoms with Gasteiger partial charge in [0.25, 0.3) is 0 Å². The van der Waals surface area contributed by atoms with E-state index in [0.717, 1.165) is 56.5 Å².